The predicted molar refractivity (Wildman–Crippen MR) is 106 cm³/mol. The van der Waals surface area contributed by atoms with E-state index in [0.29, 0.717) is 23.7 Å². The number of aryl methyl sites for hydroxylation is 2. The van der Waals surface area contributed by atoms with Gasteiger partial charge in [0.2, 0.25) is 5.13 Å². The minimum absolute atomic E-state index is 0.189. The van der Waals surface area contributed by atoms with Gasteiger partial charge in [0.1, 0.15) is 10.8 Å². The fourth-order valence-electron chi connectivity index (χ4n) is 2.53. The van der Waals surface area contributed by atoms with Gasteiger partial charge in [0.15, 0.2) is 11.5 Å². The number of carbonyl (C=O) groups is 2. The van der Waals surface area contributed by atoms with E-state index in [2.05, 4.69) is 15.5 Å². The van der Waals surface area contributed by atoms with Crippen molar-refractivity contribution in [3.8, 4) is 11.5 Å². The Labute approximate surface area is 170 Å². The third-order valence-corrected chi connectivity index (χ3v) is 4.58. The van der Waals surface area contributed by atoms with Crippen LogP contribution in [0.1, 0.15) is 24.4 Å². The zero-order chi connectivity index (χ0) is 20.8. The molecule has 1 heterocycles. The van der Waals surface area contributed by atoms with Gasteiger partial charge in [-0.2, -0.15) is 0 Å². The van der Waals surface area contributed by atoms with Crippen LogP contribution in [0.4, 0.5) is 15.2 Å². The first-order valence-electron chi connectivity index (χ1n) is 8.74. The molecule has 0 atom stereocenters. The SMILES string of the molecule is CC(=O)Oc1ccc(CCc2nnc(Nc3cccc(F)c3)s2)cc1OC(C)=O. The Morgan fingerprint density at radius 3 is 2.48 bits per heavy atom. The summed E-state index contributed by atoms with van der Waals surface area (Å²) in [6.07, 6.45) is 1.22. The molecule has 9 heteroatoms. The summed E-state index contributed by atoms with van der Waals surface area (Å²) in [5.74, 6) is -0.962. The molecule has 0 radical (unpaired) electrons. The van der Waals surface area contributed by atoms with E-state index in [0.717, 1.165) is 10.6 Å². The van der Waals surface area contributed by atoms with Crippen LogP contribution >= 0.6 is 11.3 Å². The maximum Gasteiger partial charge on any atom is 0.308 e. The van der Waals surface area contributed by atoms with Crippen LogP contribution in [-0.2, 0) is 22.4 Å². The predicted octanol–water partition coefficient (Wildman–Crippen LogP) is 4.06. The fourth-order valence-corrected chi connectivity index (χ4v) is 3.29. The second-order valence-corrected chi connectivity index (χ2v) is 7.17. The number of nitrogens with one attached hydrogen (secondary N) is 1. The maximum absolute atomic E-state index is 13.3. The first-order valence-corrected chi connectivity index (χ1v) is 9.55. The molecule has 0 spiro atoms. The quantitative estimate of drug-likeness (QED) is 0.460. The van der Waals surface area contributed by atoms with Gasteiger partial charge in [-0.1, -0.05) is 23.5 Å². The second kappa shape index (κ2) is 9.24. The summed E-state index contributed by atoms with van der Waals surface area (Å²) >= 11 is 1.37. The van der Waals surface area contributed by atoms with Crippen molar-refractivity contribution in [3.05, 3.63) is 58.9 Å². The van der Waals surface area contributed by atoms with Gasteiger partial charge in [0.05, 0.1) is 0 Å². The molecular formula is C20H18FN3O4S. The molecule has 7 nitrogen and oxygen atoms in total. The lowest BCUT2D eigenvalue weighted by Crippen LogP contribution is -2.07. The Kier molecular flexibility index (Phi) is 6.50. The summed E-state index contributed by atoms with van der Waals surface area (Å²) < 4.78 is 23.5. The minimum atomic E-state index is -0.507. The molecule has 0 saturated heterocycles. The average Bonchev–Trinajstić information content (AvgIpc) is 3.08. The largest absolute Gasteiger partial charge is 0.423 e. The zero-order valence-electron chi connectivity index (χ0n) is 15.8. The lowest BCUT2D eigenvalue weighted by Gasteiger charge is -2.10. The van der Waals surface area contributed by atoms with Crippen LogP contribution in [0.2, 0.25) is 0 Å². The fraction of sp³-hybridized carbons (Fsp3) is 0.200. The van der Waals surface area contributed by atoms with Crippen molar-refractivity contribution in [2.75, 3.05) is 5.32 Å². The first-order chi connectivity index (χ1) is 13.9. The molecule has 0 aliphatic carbocycles. The Hall–Kier alpha value is -3.33. The van der Waals surface area contributed by atoms with Gasteiger partial charge in [-0.3, -0.25) is 9.59 Å². The van der Waals surface area contributed by atoms with Crippen molar-refractivity contribution >= 4 is 34.1 Å². The van der Waals surface area contributed by atoms with Crippen molar-refractivity contribution < 1.29 is 23.5 Å². The lowest BCUT2D eigenvalue weighted by molar-refractivity contribution is -0.134. The first kappa shape index (κ1) is 20.4. The van der Waals surface area contributed by atoms with E-state index in [9.17, 15) is 14.0 Å². The van der Waals surface area contributed by atoms with Crippen LogP contribution in [0.3, 0.4) is 0 Å². The van der Waals surface area contributed by atoms with E-state index in [4.69, 9.17) is 9.47 Å². The zero-order valence-corrected chi connectivity index (χ0v) is 16.6. The topological polar surface area (TPSA) is 90.4 Å². The smallest absolute Gasteiger partial charge is 0.308 e. The molecule has 150 valence electrons. The van der Waals surface area contributed by atoms with Gasteiger partial charge in [-0.25, -0.2) is 4.39 Å². The number of carbonyl (C=O) groups excluding carboxylic acids is 2. The van der Waals surface area contributed by atoms with Crippen LogP contribution in [0, 0.1) is 5.82 Å². The third kappa shape index (κ3) is 6.08. The maximum atomic E-state index is 13.3. The molecule has 0 unspecified atom stereocenters. The van der Waals surface area contributed by atoms with Gasteiger partial charge in [0, 0.05) is 26.0 Å². The highest BCUT2D eigenvalue weighted by Gasteiger charge is 2.12. The van der Waals surface area contributed by atoms with E-state index in [1.54, 1.807) is 30.3 Å². The summed E-state index contributed by atoms with van der Waals surface area (Å²) in [6, 6.07) is 11.1. The molecule has 29 heavy (non-hydrogen) atoms. The Morgan fingerprint density at radius 2 is 1.76 bits per heavy atom. The minimum Gasteiger partial charge on any atom is -0.423 e. The van der Waals surface area contributed by atoms with E-state index in [1.165, 1.54) is 37.3 Å². The van der Waals surface area contributed by atoms with Gasteiger partial charge in [0.25, 0.3) is 0 Å². The van der Waals surface area contributed by atoms with Crippen molar-refractivity contribution in [2.24, 2.45) is 0 Å². The number of anilines is 2. The average molecular weight is 415 g/mol. The number of rotatable bonds is 7. The molecule has 1 aromatic heterocycles. The van der Waals surface area contributed by atoms with Crippen LogP contribution in [0.5, 0.6) is 11.5 Å². The molecule has 0 aliphatic heterocycles. The highest BCUT2D eigenvalue weighted by atomic mass is 32.1. The Morgan fingerprint density at radius 1 is 1.00 bits per heavy atom. The Bertz CT molecular complexity index is 1040. The number of halogens is 1. The van der Waals surface area contributed by atoms with Crippen LogP contribution in [0.15, 0.2) is 42.5 Å². The molecule has 0 fully saturated rings. The normalized spacial score (nSPS) is 10.4. The Balaban J connectivity index is 1.65. The van der Waals surface area contributed by atoms with Crippen molar-refractivity contribution in [1.82, 2.24) is 10.2 Å². The van der Waals surface area contributed by atoms with Crippen LogP contribution in [0.25, 0.3) is 0 Å². The van der Waals surface area contributed by atoms with Crippen LogP contribution < -0.4 is 14.8 Å². The molecule has 0 saturated carbocycles. The summed E-state index contributed by atoms with van der Waals surface area (Å²) in [4.78, 5) is 22.5. The highest BCUT2D eigenvalue weighted by molar-refractivity contribution is 7.15. The summed E-state index contributed by atoms with van der Waals surface area (Å²) in [5, 5.41) is 12.6. The molecule has 0 aliphatic rings. The molecule has 3 aromatic rings. The lowest BCUT2D eigenvalue weighted by atomic mass is 10.1. The van der Waals surface area contributed by atoms with Gasteiger partial charge in [-0.05, 0) is 42.3 Å². The summed E-state index contributed by atoms with van der Waals surface area (Å²) in [5.41, 5.74) is 1.48. The number of hydrogen-bond acceptors (Lipinski definition) is 8. The van der Waals surface area contributed by atoms with Gasteiger partial charge in [-0.15, -0.1) is 10.2 Å². The molecule has 2 aromatic carbocycles. The number of nitrogens with zero attached hydrogens (tertiary/aromatic N) is 2. The number of benzene rings is 2. The van der Waals surface area contributed by atoms with E-state index < -0.39 is 11.9 Å². The molecule has 3 rings (SSSR count). The van der Waals surface area contributed by atoms with Gasteiger partial charge < -0.3 is 14.8 Å². The van der Waals surface area contributed by atoms with Crippen molar-refractivity contribution in [3.63, 3.8) is 0 Å². The molecule has 0 bridgehead atoms. The van der Waals surface area contributed by atoms with E-state index in [1.807, 2.05) is 0 Å². The number of ether oxygens (including phenoxy) is 2. The highest BCUT2D eigenvalue weighted by Crippen LogP contribution is 2.30. The summed E-state index contributed by atoms with van der Waals surface area (Å²) in [7, 11) is 0. The molecular weight excluding hydrogens is 397 g/mol. The van der Waals surface area contributed by atoms with E-state index >= 15 is 0 Å². The monoisotopic (exact) mass is 415 g/mol. The second-order valence-electron chi connectivity index (χ2n) is 6.10. The molecule has 1 N–H and O–H groups in total. The third-order valence-electron chi connectivity index (χ3n) is 3.69. The molecule has 0 amide bonds. The standard InChI is InChI=1S/C20H18FN3O4S/c1-12(25)27-17-8-6-14(10-18(17)28-13(2)26)7-9-19-23-24-20(29-19)22-16-5-3-4-15(21)11-16/h3-6,8,10-11H,7,9H2,1-2H3,(H,22,24). The number of esters is 2. The van der Waals surface area contributed by atoms with Gasteiger partial charge >= 0.3 is 11.9 Å². The number of hydrogen-bond donors (Lipinski definition) is 1. The number of aromatic nitrogens is 2. The summed E-state index contributed by atoms with van der Waals surface area (Å²) in [6.45, 7) is 2.55. The van der Waals surface area contributed by atoms with Crippen LogP contribution in [-0.4, -0.2) is 22.1 Å². The van der Waals surface area contributed by atoms with Crippen molar-refractivity contribution in [2.45, 2.75) is 26.7 Å². The van der Waals surface area contributed by atoms with E-state index in [-0.39, 0.29) is 17.3 Å². The van der Waals surface area contributed by atoms with Crippen molar-refractivity contribution in [1.29, 1.82) is 0 Å².